The van der Waals surface area contributed by atoms with Crippen molar-refractivity contribution < 1.29 is 10.0 Å². The van der Waals surface area contributed by atoms with Crippen LogP contribution in [0.4, 0.5) is 5.82 Å². The Balaban J connectivity index is 3.06. The molecule has 13 heavy (non-hydrogen) atoms. The van der Waals surface area contributed by atoms with Crippen LogP contribution in [0.15, 0.2) is 6.20 Å². The molecule has 1 rings (SSSR count). The van der Waals surface area contributed by atoms with Crippen LogP contribution in [0, 0.1) is 10.1 Å². The summed E-state index contributed by atoms with van der Waals surface area (Å²) >= 11 is 5.50. The Morgan fingerprint density at radius 3 is 2.92 bits per heavy atom. The van der Waals surface area contributed by atoms with Crippen molar-refractivity contribution in [3.63, 3.8) is 0 Å². The first-order valence-electron chi connectivity index (χ1n) is 3.56. The lowest BCUT2D eigenvalue weighted by atomic mass is 10.6. The van der Waals surface area contributed by atoms with E-state index >= 15 is 0 Å². The van der Waals surface area contributed by atoms with E-state index in [-0.39, 0.29) is 24.8 Å². The van der Waals surface area contributed by atoms with Crippen molar-refractivity contribution in [1.82, 2.24) is 9.55 Å². The van der Waals surface area contributed by atoms with Gasteiger partial charge in [0.05, 0.1) is 6.61 Å². The van der Waals surface area contributed by atoms with E-state index in [1.165, 1.54) is 4.57 Å². The van der Waals surface area contributed by atoms with Gasteiger partial charge in [0.15, 0.2) is 0 Å². The van der Waals surface area contributed by atoms with Crippen LogP contribution in [-0.4, -0.2) is 26.2 Å². The zero-order chi connectivity index (χ0) is 9.84. The summed E-state index contributed by atoms with van der Waals surface area (Å²) in [5, 5.41) is 19.1. The number of alkyl halides is 1. The van der Waals surface area contributed by atoms with E-state index in [2.05, 4.69) is 4.98 Å². The molecule has 0 fully saturated rings. The summed E-state index contributed by atoms with van der Waals surface area (Å²) in [5.41, 5.74) is 0. The van der Waals surface area contributed by atoms with E-state index in [0.29, 0.717) is 5.82 Å². The maximum Gasteiger partial charge on any atom is 0.342 e. The van der Waals surface area contributed by atoms with Crippen LogP contribution in [0.2, 0.25) is 0 Å². The Kier molecular flexibility index (Phi) is 3.21. The number of imidazole rings is 1. The second-order valence-electron chi connectivity index (χ2n) is 2.30. The minimum absolute atomic E-state index is 0.0911. The van der Waals surface area contributed by atoms with Gasteiger partial charge in [-0.05, 0) is 4.92 Å². The first kappa shape index (κ1) is 9.94. The van der Waals surface area contributed by atoms with E-state index < -0.39 is 4.92 Å². The monoisotopic (exact) mass is 205 g/mol. The number of halogens is 1. The van der Waals surface area contributed by atoms with Gasteiger partial charge in [-0.1, -0.05) is 0 Å². The Morgan fingerprint density at radius 1 is 1.77 bits per heavy atom. The third-order valence-electron chi connectivity index (χ3n) is 1.55. The third kappa shape index (κ3) is 1.96. The Bertz CT molecular complexity index is 312. The first-order valence-corrected chi connectivity index (χ1v) is 4.09. The van der Waals surface area contributed by atoms with E-state index in [4.69, 9.17) is 16.7 Å². The van der Waals surface area contributed by atoms with Crippen molar-refractivity contribution in [3.8, 4) is 0 Å². The van der Waals surface area contributed by atoms with Gasteiger partial charge in [-0.15, -0.1) is 11.6 Å². The van der Waals surface area contributed by atoms with Crippen LogP contribution in [0.3, 0.4) is 0 Å². The van der Waals surface area contributed by atoms with Crippen molar-refractivity contribution >= 4 is 17.4 Å². The van der Waals surface area contributed by atoms with E-state index in [1.54, 1.807) is 0 Å². The molecule has 0 atom stereocenters. The number of aromatic nitrogens is 2. The van der Waals surface area contributed by atoms with Crippen LogP contribution in [-0.2, 0) is 12.4 Å². The number of nitrogens with zero attached hydrogens (tertiary/aromatic N) is 3. The summed E-state index contributed by atoms with van der Waals surface area (Å²) in [7, 11) is 0. The normalized spacial score (nSPS) is 10.3. The fraction of sp³-hybridized carbons (Fsp3) is 0.500. The lowest BCUT2D eigenvalue weighted by Gasteiger charge is -1.99. The molecule has 1 aromatic heterocycles. The van der Waals surface area contributed by atoms with Gasteiger partial charge in [0.25, 0.3) is 0 Å². The molecule has 72 valence electrons. The largest absolute Gasteiger partial charge is 0.392 e. The minimum atomic E-state index is -0.557. The van der Waals surface area contributed by atoms with Crippen molar-refractivity contribution in [3.05, 3.63) is 22.1 Å². The fourth-order valence-electron chi connectivity index (χ4n) is 1.000. The van der Waals surface area contributed by atoms with Crippen molar-refractivity contribution in [2.24, 2.45) is 0 Å². The standard InChI is InChI=1S/C6H8ClN3O3/c7-3-5-8-4-6(10(12)13)9(5)1-2-11/h4,11H,1-3H2. The zero-order valence-corrected chi connectivity index (χ0v) is 7.44. The highest BCUT2D eigenvalue weighted by Crippen LogP contribution is 2.14. The summed E-state index contributed by atoms with van der Waals surface area (Å²) in [6.45, 7) is -0.0422. The molecule has 0 unspecified atom stereocenters. The molecule has 0 spiro atoms. The fourth-order valence-corrected chi connectivity index (χ4v) is 1.21. The predicted octanol–water partition coefficient (Wildman–Crippen LogP) is 0.522. The van der Waals surface area contributed by atoms with Gasteiger partial charge in [-0.2, -0.15) is 0 Å². The zero-order valence-electron chi connectivity index (χ0n) is 6.68. The molecular weight excluding hydrogens is 198 g/mol. The van der Waals surface area contributed by atoms with Crippen molar-refractivity contribution in [1.29, 1.82) is 0 Å². The molecule has 1 heterocycles. The molecular formula is C6H8ClN3O3. The molecule has 0 saturated carbocycles. The first-order chi connectivity index (χ1) is 6.20. The highest BCUT2D eigenvalue weighted by Gasteiger charge is 2.18. The maximum absolute atomic E-state index is 10.4. The number of rotatable bonds is 4. The maximum atomic E-state index is 10.4. The molecule has 0 amide bonds. The summed E-state index contributed by atoms with van der Waals surface area (Å²) in [4.78, 5) is 13.6. The lowest BCUT2D eigenvalue weighted by molar-refractivity contribution is -0.392. The number of aliphatic hydroxyl groups is 1. The van der Waals surface area contributed by atoms with Crippen LogP contribution in [0.1, 0.15) is 5.82 Å². The highest BCUT2D eigenvalue weighted by atomic mass is 35.5. The van der Waals surface area contributed by atoms with Crippen LogP contribution < -0.4 is 0 Å². The van der Waals surface area contributed by atoms with E-state index in [0.717, 1.165) is 6.20 Å². The van der Waals surface area contributed by atoms with Gasteiger partial charge in [0.2, 0.25) is 5.82 Å². The predicted molar refractivity (Wildman–Crippen MR) is 45.5 cm³/mol. The van der Waals surface area contributed by atoms with Crippen molar-refractivity contribution in [2.45, 2.75) is 12.4 Å². The molecule has 1 aromatic rings. The minimum Gasteiger partial charge on any atom is -0.392 e. The van der Waals surface area contributed by atoms with Gasteiger partial charge < -0.3 is 15.2 Å². The van der Waals surface area contributed by atoms with E-state index in [1.807, 2.05) is 0 Å². The SMILES string of the molecule is O=[N+]([O-])c1cnc(CCl)n1CCO. The molecule has 7 heteroatoms. The summed E-state index contributed by atoms with van der Waals surface area (Å²) in [5.74, 6) is 0.334. The smallest absolute Gasteiger partial charge is 0.342 e. The molecule has 0 radical (unpaired) electrons. The lowest BCUT2D eigenvalue weighted by Crippen LogP contribution is -2.08. The molecule has 1 N–H and O–H groups in total. The highest BCUT2D eigenvalue weighted by molar-refractivity contribution is 6.16. The van der Waals surface area contributed by atoms with Gasteiger partial charge in [0.1, 0.15) is 18.6 Å². The van der Waals surface area contributed by atoms with Gasteiger partial charge in [0, 0.05) is 0 Å². The van der Waals surface area contributed by atoms with Gasteiger partial charge >= 0.3 is 5.82 Å². The topological polar surface area (TPSA) is 81.2 Å². The molecule has 0 aliphatic heterocycles. The summed E-state index contributed by atoms with van der Waals surface area (Å²) in [6.07, 6.45) is 1.13. The van der Waals surface area contributed by atoms with Crippen LogP contribution in [0.25, 0.3) is 0 Å². The number of nitro groups is 1. The molecule has 0 bridgehead atoms. The molecule has 0 saturated heterocycles. The van der Waals surface area contributed by atoms with Crippen LogP contribution >= 0.6 is 11.6 Å². The Labute approximate surface area is 78.9 Å². The molecule has 0 aliphatic rings. The summed E-state index contributed by atoms with van der Waals surface area (Å²) < 4.78 is 1.28. The quantitative estimate of drug-likeness (QED) is 0.442. The van der Waals surface area contributed by atoms with E-state index in [9.17, 15) is 10.1 Å². The second-order valence-corrected chi connectivity index (χ2v) is 2.57. The molecule has 6 nitrogen and oxygen atoms in total. The number of aliphatic hydroxyl groups excluding tert-OH is 1. The molecule has 0 aromatic carbocycles. The van der Waals surface area contributed by atoms with Crippen LogP contribution in [0.5, 0.6) is 0 Å². The van der Waals surface area contributed by atoms with Crippen molar-refractivity contribution in [2.75, 3.05) is 6.61 Å². The number of hydrogen-bond acceptors (Lipinski definition) is 4. The van der Waals surface area contributed by atoms with Gasteiger partial charge in [-0.3, -0.25) is 0 Å². The molecule has 0 aliphatic carbocycles. The Morgan fingerprint density at radius 2 is 2.46 bits per heavy atom. The summed E-state index contributed by atoms with van der Waals surface area (Å²) in [6, 6.07) is 0. The third-order valence-corrected chi connectivity index (χ3v) is 1.79. The van der Waals surface area contributed by atoms with Gasteiger partial charge in [-0.25, -0.2) is 9.55 Å². The Hall–Kier alpha value is -1.14. The second kappa shape index (κ2) is 4.20. The number of hydrogen-bond donors (Lipinski definition) is 1. The average Bonchev–Trinajstić information content (AvgIpc) is 2.48. The average molecular weight is 206 g/mol.